The molecule has 0 radical (unpaired) electrons. The van der Waals surface area contributed by atoms with Crippen LogP contribution in [-0.4, -0.2) is 43.0 Å². The molecule has 0 aliphatic rings. The summed E-state index contributed by atoms with van der Waals surface area (Å²) in [5.41, 5.74) is -0.170. The highest BCUT2D eigenvalue weighted by Gasteiger charge is 2.12. The van der Waals surface area contributed by atoms with Crippen molar-refractivity contribution in [1.82, 2.24) is 0 Å². The van der Waals surface area contributed by atoms with Gasteiger partial charge in [0.15, 0.2) is 9.84 Å². The Morgan fingerprint density at radius 2 is 1.04 bits per heavy atom. The van der Waals surface area contributed by atoms with Crippen molar-refractivity contribution in [3.63, 3.8) is 0 Å². The Balaban J connectivity index is 1.74. The van der Waals surface area contributed by atoms with Gasteiger partial charge in [0.2, 0.25) is 0 Å². The average molecular weight is 396 g/mol. The number of non-ortho nitro benzene ring substituents is 2. The Bertz CT molecular complexity index is 826. The van der Waals surface area contributed by atoms with Crippen molar-refractivity contribution in [2.45, 2.75) is 0 Å². The number of rotatable bonds is 10. The fourth-order valence-electron chi connectivity index (χ4n) is 2.00. The molecule has 27 heavy (non-hydrogen) atoms. The molecule has 0 bridgehead atoms. The van der Waals surface area contributed by atoms with Gasteiger partial charge in [-0.15, -0.1) is 0 Å². The van der Waals surface area contributed by atoms with Gasteiger partial charge in [0.1, 0.15) is 24.7 Å². The number of ether oxygens (including phenoxy) is 2. The molecule has 0 fully saturated rings. The standard InChI is InChI=1S/C16H16N2O8S/c19-17(20)13-1-5-15(6-2-13)25-9-11-27(23,24)12-10-26-16-7-3-14(4-8-16)18(21)22/h1-8H,9-12H2. The molecule has 0 spiro atoms. The van der Waals surface area contributed by atoms with E-state index in [1.165, 1.54) is 48.5 Å². The first-order valence-electron chi connectivity index (χ1n) is 7.72. The van der Waals surface area contributed by atoms with Crippen molar-refractivity contribution in [2.24, 2.45) is 0 Å². The predicted molar refractivity (Wildman–Crippen MR) is 95.8 cm³/mol. The first-order chi connectivity index (χ1) is 12.8. The van der Waals surface area contributed by atoms with Crippen molar-refractivity contribution >= 4 is 21.2 Å². The van der Waals surface area contributed by atoms with Gasteiger partial charge >= 0.3 is 0 Å². The Morgan fingerprint density at radius 1 is 0.704 bits per heavy atom. The Labute approximate surface area is 154 Å². The van der Waals surface area contributed by atoms with E-state index in [9.17, 15) is 28.6 Å². The summed E-state index contributed by atoms with van der Waals surface area (Å²) >= 11 is 0. The van der Waals surface area contributed by atoms with E-state index < -0.39 is 19.7 Å². The Morgan fingerprint density at radius 3 is 1.33 bits per heavy atom. The molecular weight excluding hydrogens is 380 g/mol. The normalized spacial score (nSPS) is 11.0. The van der Waals surface area contributed by atoms with Crippen LogP contribution in [0, 0.1) is 20.2 Å². The topological polar surface area (TPSA) is 139 Å². The van der Waals surface area contributed by atoms with Gasteiger partial charge in [-0.05, 0) is 24.3 Å². The third kappa shape index (κ3) is 6.55. The van der Waals surface area contributed by atoms with Crippen LogP contribution < -0.4 is 9.47 Å². The van der Waals surface area contributed by atoms with Crippen molar-refractivity contribution in [3.05, 3.63) is 68.8 Å². The highest BCUT2D eigenvalue weighted by atomic mass is 32.2. The molecule has 0 aliphatic carbocycles. The Kier molecular flexibility index (Phi) is 6.66. The quantitative estimate of drug-likeness (QED) is 0.440. The molecule has 0 amide bonds. The molecule has 0 saturated carbocycles. The third-order valence-electron chi connectivity index (χ3n) is 3.42. The van der Waals surface area contributed by atoms with Crippen molar-refractivity contribution < 1.29 is 27.7 Å². The van der Waals surface area contributed by atoms with Crippen LogP contribution in [0.3, 0.4) is 0 Å². The second-order valence-electron chi connectivity index (χ2n) is 5.35. The molecule has 0 aliphatic heterocycles. The van der Waals surface area contributed by atoms with Crippen LogP contribution >= 0.6 is 0 Å². The van der Waals surface area contributed by atoms with E-state index in [4.69, 9.17) is 9.47 Å². The van der Waals surface area contributed by atoms with Crippen molar-refractivity contribution in [3.8, 4) is 11.5 Å². The van der Waals surface area contributed by atoms with E-state index in [1.54, 1.807) is 0 Å². The van der Waals surface area contributed by atoms with E-state index in [-0.39, 0.29) is 36.1 Å². The SMILES string of the molecule is O=[N+]([O-])c1ccc(OCCS(=O)(=O)CCOc2ccc([N+](=O)[O-])cc2)cc1. The van der Waals surface area contributed by atoms with Gasteiger partial charge in [0, 0.05) is 24.3 Å². The number of sulfone groups is 1. The van der Waals surface area contributed by atoms with Gasteiger partial charge in [0.05, 0.1) is 21.4 Å². The summed E-state index contributed by atoms with van der Waals surface area (Å²) in [6, 6.07) is 10.6. The molecule has 0 N–H and O–H groups in total. The smallest absolute Gasteiger partial charge is 0.269 e. The summed E-state index contributed by atoms with van der Waals surface area (Å²) in [7, 11) is -3.43. The minimum Gasteiger partial charge on any atom is -0.493 e. The fraction of sp³-hybridized carbons (Fsp3) is 0.250. The molecule has 2 aromatic carbocycles. The molecular formula is C16H16N2O8S. The lowest BCUT2D eigenvalue weighted by Gasteiger charge is -2.08. The molecule has 144 valence electrons. The van der Waals surface area contributed by atoms with Crippen LogP contribution in [0.5, 0.6) is 11.5 Å². The lowest BCUT2D eigenvalue weighted by atomic mass is 10.3. The van der Waals surface area contributed by atoms with E-state index in [1.807, 2.05) is 0 Å². The maximum atomic E-state index is 12.0. The molecule has 10 nitrogen and oxygen atoms in total. The van der Waals surface area contributed by atoms with E-state index in [0.717, 1.165) is 0 Å². The highest BCUT2D eigenvalue weighted by molar-refractivity contribution is 7.91. The number of nitro benzene ring substituents is 2. The zero-order valence-corrected chi connectivity index (χ0v) is 14.8. The molecule has 0 saturated heterocycles. The van der Waals surface area contributed by atoms with Gasteiger partial charge in [-0.25, -0.2) is 8.42 Å². The van der Waals surface area contributed by atoms with E-state index in [2.05, 4.69) is 0 Å². The van der Waals surface area contributed by atoms with Gasteiger partial charge in [-0.3, -0.25) is 20.2 Å². The van der Waals surface area contributed by atoms with Crippen LogP contribution in [-0.2, 0) is 9.84 Å². The molecule has 0 aromatic heterocycles. The Hall–Kier alpha value is -3.21. The van der Waals surface area contributed by atoms with Gasteiger partial charge < -0.3 is 9.47 Å². The number of nitro groups is 2. The van der Waals surface area contributed by atoms with E-state index >= 15 is 0 Å². The second kappa shape index (κ2) is 8.94. The van der Waals surface area contributed by atoms with Crippen LogP contribution in [0.25, 0.3) is 0 Å². The second-order valence-corrected chi connectivity index (χ2v) is 7.65. The zero-order valence-electron chi connectivity index (χ0n) is 14.0. The maximum Gasteiger partial charge on any atom is 0.269 e. The van der Waals surface area contributed by atoms with Crippen molar-refractivity contribution in [2.75, 3.05) is 24.7 Å². The molecule has 11 heteroatoms. The minimum atomic E-state index is -3.43. The summed E-state index contributed by atoms with van der Waals surface area (Å²) < 4.78 is 34.5. The maximum absolute atomic E-state index is 12.0. The lowest BCUT2D eigenvalue weighted by Crippen LogP contribution is -2.21. The van der Waals surface area contributed by atoms with Gasteiger partial charge in [0.25, 0.3) is 11.4 Å². The first kappa shape index (κ1) is 20.1. The molecule has 0 heterocycles. The molecule has 2 aromatic rings. The third-order valence-corrected chi connectivity index (χ3v) is 5.00. The van der Waals surface area contributed by atoms with Crippen LogP contribution in [0.2, 0.25) is 0 Å². The highest BCUT2D eigenvalue weighted by Crippen LogP contribution is 2.18. The summed E-state index contributed by atoms with van der Waals surface area (Å²) in [5, 5.41) is 21.1. The molecule has 2 rings (SSSR count). The van der Waals surface area contributed by atoms with Gasteiger partial charge in [-0.1, -0.05) is 0 Å². The lowest BCUT2D eigenvalue weighted by molar-refractivity contribution is -0.385. The molecule has 0 unspecified atom stereocenters. The fourth-order valence-corrected chi connectivity index (χ4v) is 2.88. The number of nitrogens with zero attached hydrogens (tertiary/aromatic N) is 2. The summed E-state index contributed by atoms with van der Waals surface area (Å²) in [6.45, 7) is -0.199. The van der Waals surface area contributed by atoms with Crippen LogP contribution in [0.4, 0.5) is 11.4 Å². The number of hydrogen-bond acceptors (Lipinski definition) is 8. The largest absolute Gasteiger partial charge is 0.493 e. The van der Waals surface area contributed by atoms with Crippen LogP contribution in [0.15, 0.2) is 48.5 Å². The van der Waals surface area contributed by atoms with E-state index in [0.29, 0.717) is 11.5 Å². The number of benzene rings is 2. The summed E-state index contributed by atoms with van der Waals surface area (Å²) in [4.78, 5) is 20.0. The minimum absolute atomic E-state index is 0.0848. The molecule has 0 atom stereocenters. The van der Waals surface area contributed by atoms with Gasteiger partial charge in [-0.2, -0.15) is 0 Å². The van der Waals surface area contributed by atoms with Crippen LogP contribution in [0.1, 0.15) is 0 Å². The average Bonchev–Trinajstić information content (AvgIpc) is 2.62. The summed E-state index contributed by atoms with van der Waals surface area (Å²) in [6.07, 6.45) is 0. The number of hydrogen-bond donors (Lipinski definition) is 0. The zero-order chi connectivity index (χ0) is 19.9. The summed E-state index contributed by atoms with van der Waals surface area (Å²) in [5.74, 6) is 0.178. The first-order valence-corrected chi connectivity index (χ1v) is 9.54. The monoisotopic (exact) mass is 396 g/mol. The van der Waals surface area contributed by atoms with Crippen molar-refractivity contribution in [1.29, 1.82) is 0 Å². The predicted octanol–water partition coefficient (Wildman–Crippen LogP) is 2.38.